The molecule has 0 aliphatic heterocycles. The Morgan fingerprint density at radius 3 is 2.43 bits per heavy atom. The Hall–Kier alpha value is -3.54. The summed E-state index contributed by atoms with van der Waals surface area (Å²) in [6.45, 7) is 2.52. The number of fused-ring (bicyclic) bond motifs is 1. The first kappa shape index (κ1) is 17.9. The second-order valence-corrected chi connectivity index (χ2v) is 6.49. The van der Waals surface area contributed by atoms with Crippen molar-refractivity contribution < 1.29 is 9.18 Å². The number of pyridine rings is 2. The van der Waals surface area contributed by atoms with Gasteiger partial charge in [-0.15, -0.1) is 0 Å². The maximum atomic E-state index is 13.4. The Morgan fingerprint density at radius 2 is 1.75 bits per heavy atom. The predicted octanol–water partition coefficient (Wildman–Crippen LogP) is 4.29. The van der Waals surface area contributed by atoms with Crippen LogP contribution in [0.5, 0.6) is 0 Å². The number of benzene rings is 1. The van der Waals surface area contributed by atoms with Crippen molar-refractivity contribution in [3.05, 3.63) is 78.5 Å². The van der Waals surface area contributed by atoms with Crippen LogP contribution in [0.2, 0.25) is 0 Å². The lowest BCUT2D eigenvalue weighted by Gasteiger charge is -2.15. The van der Waals surface area contributed by atoms with E-state index >= 15 is 0 Å². The molecule has 0 unspecified atom stereocenters. The van der Waals surface area contributed by atoms with Crippen molar-refractivity contribution in [2.45, 2.75) is 6.92 Å². The molecule has 0 aliphatic rings. The smallest absolute Gasteiger partial charge is 0.272 e. The number of rotatable bonds is 4. The summed E-state index contributed by atoms with van der Waals surface area (Å²) in [5, 5.41) is 4.75. The van der Waals surface area contributed by atoms with Gasteiger partial charge in [0.1, 0.15) is 17.2 Å². The van der Waals surface area contributed by atoms with Crippen LogP contribution >= 0.6 is 0 Å². The van der Waals surface area contributed by atoms with Crippen LogP contribution in [0.25, 0.3) is 27.9 Å². The molecule has 0 bridgehead atoms. The van der Waals surface area contributed by atoms with Crippen molar-refractivity contribution in [1.82, 2.24) is 19.5 Å². The second-order valence-electron chi connectivity index (χ2n) is 6.49. The number of nitrogens with zero attached hydrogens (tertiary/aromatic N) is 4. The molecule has 0 radical (unpaired) electrons. The van der Waals surface area contributed by atoms with Gasteiger partial charge in [-0.05, 0) is 61.0 Å². The fourth-order valence-electron chi connectivity index (χ4n) is 3.18. The van der Waals surface area contributed by atoms with Crippen LogP contribution in [-0.2, 0) is 0 Å². The van der Waals surface area contributed by atoms with Crippen LogP contribution in [0.4, 0.5) is 4.39 Å². The number of hydrogen-bond acceptors (Lipinski definition) is 3. The zero-order chi connectivity index (χ0) is 19.7. The summed E-state index contributed by atoms with van der Waals surface area (Å²) in [6.07, 6.45) is 3.43. The first-order valence-corrected chi connectivity index (χ1v) is 9.03. The summed E-state index contributed by atoms with van der Waals surface area (Å²) in [7, 11) is 1.76. The highest BCUT2D eigenvalue weighted by molar-refractivity contribution is 5.97. The molecule has 0 N–H and O–H groups in total. The molecule has 1 aromatic carbocycles. The zero-order valence-electron chi connectivity index (χ0n) is 15.6. The molecule has 140 valence electrons. The molecule has 4 rings (SSSR count). The maximum Gasteiger partial charge on any atom is 0.272 e. The third-order valence-corrected chi connectivity index (χ3v) is 4.78. The fraction of sp³-hybridized carbons (Fsp3) is 0.136. The molecule has 0 saturated carbocycles. The van der Waals surface area contributed by atoms with Crippen molar-refractivity contribution in [3.63, 3.8) is 0 Å². The second kappa shape index (κ2) is 7.23. The fourth-order valence-corrected chi connectivity index (χ4v) is 3.18. The van der Waals surface area contributed by atoms with E-state index in [0.717, 1.165) is 22.2 Å². The average molecular weight is 374 g/mol. The summed E-state index contributed by atoms with van der Waals surface area (Å²) in [4.78, 5) is 18.6. The van der Waals surface area contributed by atoms with E-state index in [2.05, 4.69) is 4.98 Å². The number of carbonyl (C=O) groups excluding carboxylic acids is 1. The van der Waals surface area contributed by atoms with Gasteiger partial charge in [0.15, 0.2) is 0 Å². The molecule has 28 heavy (non-hydrogen) atoms. The van der Waals surface area contributed by atoms with Crippen LogP contribution in [0.15, 0.2) is 67.0 Å². The molecule has 6 heteroatoms. The van der Waals surface area contributed by atoms with Gasteiger partial charge in [0.2, 0.25) is 0 Å². The van der Waals surface area contributed by atoms with E-state index in [1.165, 1.54) is 12.1 Å². The third-order valence-electron chi connectivity index (χ3n) is 4.78. The summed E-state index contributed by atoms with van der Waals surface area (Å²) >= 11 is 0. The lowest BCUT2D eigenvalue weighted by molar-refractivity contribution is 0.0794. The first-order valence-electron chi connectivity index (χ1n) is 9.03. The monoisotopic (exact) mass is 374 g/mol. The highest BCUT2D eigenvalue weighted by Crippen LogP contribution is 2.35. The molecule has 0 aliphatic carbocycles. The van der Waals surface area contributed by atoms with Gasteiger partial charge in [-0.1, -0.05) is 6.07 Å². The Kier molecular flexibility index (Phi) is 4.61. The predicted molar refractivity (Wildman–Crippen MR) is 106 cm³/mol. The molecule has 0 atom stereocenters. The Bertz CT molecular complexity index is 1140. The van der Waals surface area contributed by atoms with Gasteiger partial charge in [-0.25, -0.2) is 8.91 Å². The van der Waals surface area contributed by atoms with Crippen molar-refractivity contribution in [2.75, 3.05) is 13.6 Å². The minimum absolute atomic E-state index is 0.109. The molecular weight excluding hydrogens is 355 g/mol. The third kappa shape index (κ3) is 3.03. The molecule has 5 nitrogen and oxygen atoms in total. The molecule has 3 heterocycles. The van der Waals surface area contributed by atoms with Gasteiger partial charge in [-0.2, -0.15) is 5.10 Å². The standard InChI is InChI=1S/C22H19FN4O/c1-3-26(2)22(28)19-6-4-5-18-20(15-11-13-24-14-12-15)21(25-27(18)19)16-7-9-17(23)10-8-16/h4-14H,3H2,1-2H3. The average Bonchev–Trinajstić information content (AvgIpc) is 3.13. The highest BCUT2D eigenvalue weighted by Gasteiger charge is 2.21. The van der Waals surface area contributed by atoms with Gasteiger partial charge in [0.05, 0.1) is 5.52 Å². The van der Waals surface area contributed by atoms with E-state index in [0.29, 0.717) is 17.9 Å². The Labute approximate surface area is 162 Å². The van der Waals surface area contributed by atoms with Crippen LogP contribution in [-0.4, -0.2) is 39.0 Å². The number of aromatic nitrogens is 3. The van der Waals surface area contributed by atoms with Gasteiger partial charge in [-0.3, -0.25) is 9.78 Å². The van der Waals surface area contributed by atoms with Gasteiger partial charge in [0, 0.05) is 37.1 Å². The molecular formula is C22H19FN4O. The van der Waals surface area contributed by atoms with Gasteiger partial charge >= 0.3 is 0 Å². The van der Waals surface area contributed by atoms with Crippen LogP contribution in [0.1, 0.15) is 17.4 Å². The first-order chi connectivity index (χ1) is 13.6. The van der Waals surface area contributed by atoms with E-state index in [1.807, 2.05) is 31.2 Å². The van der Waals surface area contributed by atoms with E-state index < -0.39 is 0 Å². The van der Waals surface area contributed by atoms with E-state index in [9.17, 15) is 9.18 Å². The SMILES string of the molecule is CCN(C)C(=O)c1cccc2c(-c3ccncc3)c(-c3ccc(F)cc3)nn12. The molecule has 0 fully saturated rings. The number of hydrogen-bond donors (Lipinski definition) is 0. The minimum Gasteiger partial charge on any atom is -0.341 e. The summed E-state index contributed by atoms with van der Waals surface area (Å²) in [6, 6.07) is 15.6. The minimum atomic E-state index is -0.307. The van der Waals surface area contributed by atoms with Crippen LogP contribution in [0.3, 0.4) is 0 Å². The lowest BCUT2D eigenvalue weighted by atomic mass is 10.0. The van der Waals surface area contributed by atoms with Gasteiger partial charge in [0.25, 0.3) is 5.91 Å². The summed E-state index contributed by atoms with van der Waals surface area (Å²) in [5.74, 6) is -0.416. The normalized spacial score (nSPS) is 11.0. The molecule has 3 aromatic heterocycles. The molecule has 0 saturated heterocycles. The number of carbonyl (C=O) groups is 1. The van der Waals surface area contributed by atoms with Crippen LogP contribution in [0, 0.1) is 5.82 Å². The molecule has 0 spiro atoms. The Balaban J connectivity index is 2.02. The van der Waals surface area contributed by atoms with E-state index in [4.69, 9.17) is 5.10 Å². The largest absolute Gasteiger partial charge is 0.341 e. The van der Waals surface area contributed by atoms with Crippen molar-refractivity contribution >= 4 is 11.4 Å². The van der Waals surface area contributed by atoms with Crippen molar-refractivity contribution in [2.24, 2.45) is 0 Å². The quantitative estimate of drug-likeness (QED) is 0.535. The number of amides is 1. The lowest BCUT2D eigenvalue weighted by Crippen LogP contribution is -2.28. The maximum absolute atomic E-state index is 13.4. The van der Waals surface area contributed by atoms with E-state index in [1.54, 1.807) is 47.1 Å². The Morgan fingerprint density at radius 1 is 1.04 bits per heavy atom. The van der Waals surface area contributed by atoms with Gasteiger partial charge < -0.3 is 4.90 Å². The van der Waals surface area contributed by atoms with E-state index in [-0.39, 0.29) is 11.7 Å². The van der Waals surface area contributed by atoms with Crippen molar-refractivity contribution in [1.29, 1.82) is 0 Å². The van der Waals surface area contributed by atoms with Crippen molar-refractivity contribution in [3.8, 4) is 22.4 Å². The van der Waals surface area contributed by atoms with Crippen LogP contribution < -0.4 is 0 Å². The number of halogens is 1. The molecule has 4 aromatic rings. The zero-order valence-corrected chi connectivity index (χ0v) is 15.6. The topological polar surface area (TPSA) is 50.5 Å². The molecule has 1 amide bonds. The summed E-state index contributed by atoms with van der Waals surface area (Å²) in [5.41, 5.74) is 4.55. The highest BCUT2D eigenvalue weighted by atomic mass is 19.1. The summed E-state index contributed by atoms with van der Waals surface area (Å²) < 4.78 is 15.1.